The van der Waals surface area contributed by atoms with Crippen LogP contribution in [0.25, 0.3) is 12.2 Å². The Morgan fingerprint density at radius 1 is 1.12 bits per heavy atom. The second-order valence-corrected chi connectivity index (χ2v) is 4.72. The lowest BCUT2D eigenvalue weighted by Crippen LogP contribution is -2.02. The van der Waals surface area contributed by atoms with Gasteiger partial charge in [-0.05, 0) is 18.2 Å². The molecule has 2 aromatic rings. The maximum atomic E-state index is 11.3. The van der Waals surface area contributed by atoms with Gasteiger partial charge in [0, 0.05) is 11.6 Å². The van der Waals surface area contributed by atoms with Gasteiger partial charge in [0.1, 0.15) is 0 Å². The highest BCUT2D eigenvalue weighted by atomic mass is 16.6. The summed E-state index contributed by atoms with van der Waals surface area (Å²) in [5.41, 5.74) is 0.182. The zero-order valence-electron chi connectivity index (χ0n) is 13.1. The summed E-state index contributed by atoms with van der Waals surface area (Å²) < 4.78 is 10.5. The monoisotopic (exact) mass is 329 g/mol. The van der Waals surface area contributed by atoms with E-state index >= 15 is 0 Å². The van der Waals surface area contributed by atoms with Crippen LogP contribution in [0.5, 0.6) is 11.5 Å². The zero-order valence-corrected chi connectivity index (χ0v) is 13.1. The van der Waals surface area contributed by atoms with Crippen molar-refractivity contribution >= 4 is 23.8 Å². The third-order valence-electron chi connectivity index (χ3n) is 3.37. The van der Waals surface area contributed by atoms with Crippen molar-refractivity contribution in [2.45, 2.75) is 0 Å². The first-order valence-corrected chi connectivity index (χ1v) is 6.89. The molecule has 2 aromatic carbocycles. The van der Waals surface area contributed by atoms with Crippen molar-refractivity contribution in [1.29, 1.82) is 0 Å². The van der Waals surface area contributed by atoms with E-state index < -0.39 is 10.9 Å². The number of benzene rings is 2. The smallest absolute Gasteiger partial charge is 0.336 e. The summed E-state index contributed by atoms with van der Waals surface area (Å²) in [6, 6.07) is 9.09. The summed E-state index contributed by atoms with van der Waals surface area (Å²) in [6.45, 7) is 0. The van der Waals surface area contributed by atoms with Gasteiger partial charge < -0.3 is 14.6 Å². The van der Waals surface area contributed by atoms with Gasteiger partial charge in [0.25, 0.3) is 5.69 Å². The van der Waals surface area contributed by atoms with E-state index in [1.165, 1.54) is 38.5 Å². The number of nitro groups is 1. The number of carboxylic acids is 1. The fourth-order valence-corrected chi connectivity index (χ4v) is 2.29. The molecule has 0 unspecified atom stereocenters. The molecule has 0 amide bonds. The van der Waals surface area contributed by atoms with E-state index in [4.69, 9.17) is 9.47 Å². The number of carbonyl (C=O) groups is 1. The Morgan fingerprint density at radius 3 is 2.42 bits per heavy atom. The number of hydrogen-bond donors (Lipinski definition) is 1. The largest absolute Gasteiger partial charge is 0.493 e. The van der Waals surface area contributed by atoms with Gasteiger partial charge in [-0.15, -0.1) is 0 Å². The minimum absolute atomic E-state index is 0.0138. The molecule has 0 aromatic heterocycles. The summed E-state index contributed by atoms with van der Waals surface area (Å²) in [4.78, 5) is 21.9. The molecule has 0 aliphatic rings. The molecule has 0 saturated heterocycles. The first-order chi connectivity index (χ1) is 11.5. The van der Waals surface area contributed by atoms with Crippen molar-refractivity contribution in [2.24, 2.45) is 0 Å². The van der Waals surface area contributed by atoms with Crippen LogP contribution in [-0.2, 0) is 0 Å². The minimum Gasteiger partial charge on any atom is -0.493 e. The molecule has 0 spiro atoms. The van der Waals surface area contributed by atoms with E-state index in [9.17, 15) is 20.0 Å². The Labute approximate surface area is 137 Å². The van der Waals surface area contributed by atoms with Gasteiger partial charge >= 0.3 is 5.97 Å². The molecule has 124 valence electrons. The highest BCUT2D eigenvalue weighted by Crippen LogP contribution is 2.33. The van der Waals surface area contributed by atoms with Gasteiger partial charge in [-0.1, -0.05) is 24.3 Å². The maximum absolute atomic E-state index is 11.3. The zero-order chi connectivity index (χ0) is 17.7. The summed E-state index contributed by atoms with van der Waals surface area (Å²) in [5.74, 6) is -0.289. The van der Waals surface area contributed by atoms with E-state index in [1.807, 2.05) is 0 Å². The molecule has 0 atom stereocenters. The van der Waals surface area contributed by atoms with Crippen LogP contribution in [0.4, 0.5) is 5.69 Å². The Balaban J connectivity index is 2.58. The average molecular weight is 329 g/mol. The number of nitrogens with zero attached hydrogens (tertiary/aromatic N) is 1. The van der Waals surface area contributed by atoms with Gasteiger partial charge in [-0.2, -0.15) is 0 Å². The molecule has 0 bridgehead atoms. The van der Waals surface area contributed by atoms with Gasteiger partial charge in [0.2, 0.25) is 0 Å². The third-order valence-corrected chi connectivity index (χ3v) is 3.37. The molecule has 0 fully saturated rings. The van der Waals surface area contributed by atoms with Crippen molar-refractivity contribution in [1.82, 2.24) is 0 Å². The minimum atomic E-state index is -1.24. The fourth-order valence-electron chi connectivity index (χ4n) is 2.29. The molecule has 0 saturated carbocycles. The number of nitro benzene ring substituents is 1. The Hall–Kier alpha value is -3.35. The second kappa shape index (κ2) is 7.28. The number of methoxy groups -OCH3 is 2. The van der Waals surface area contributed by atoms with Gasteiger partial charge in [-0.25, -0.2) is 4.79 Å². The lowest BCUT2D eigenvalue weighted by atomic mass is 10.0. The molecule has 7 nitrogen and oxygen atoms in total. The molecular weight excluding hydrogens is 314 g/mol. The van der Waals surface area contributed by atoms with Crippen LogP contribution < -0.4 is 9.47 Å². The first kappa shape index (κ1) is 17.0. The van der Waals surface area contributed by atoms with Crippen LogP contribution in [-0.4, -0.2) is 30.2 Å². The Bertz CT molecular complexity index is 780. The predicted molar refractivity (Wildman–Crippen MR) is 88.5 cm³/mol. The number of aromatic carboxylic acids is 1. The molecule has 0 radical (unpaired) electrons. The van der Waals surface area contributed by atoms with Crippen molar-refractivity contribution < 1.29 is 24.3 Å². The summed E-state index contributed by atoms with van der Waals surface area (Å²) in [7, 11) is 2.97. The quantitative estimate of drug-likeness (QED) is 0.495. The highest BCUT2D eigenvalue weighted by Gasteiger charge is 2.19. The number of para-hydroxylation sites is 1. The fraction of sp³-hybridized carbons (Fsp3) is 0.118. The van der Waals surface area contributed by atoms with Crippen LogP contribution in [0.3, 0.4) is 0 Å². The number of ether oxygens (including phenoxy) is 2. The molecule has 7 heteroatoms. The summed E-state index contributed by atoms with van der Waals surface area (Å²) in [5, 5.41) is 20.4. The topological polar surface area (TPSA) is 98.9 Å². The lowest BCUT2D eigenvalue weighted by molar-refractivity contribution is -0.385. The van der Waals surface area contributed by atoms with E-state index in [-0.39, 0.29) is 16.8 Å². The van der Waals surface area contributed by atoms with Crippen molar-refractivity contribution in [2.75, 3.05) is 14.2 Å². The lowest BCUT2D eigenvalue weighted by Gasteiger charge is -2.10. The molecular formula is C17H15NO6. The SMILES string of the molecule is COc1cccc(/C=C/c2c(C(=O)O)cccc2[N+](=O)[O-])c1OC. The number of hydrogen-bond acceptors (Lipinski definition) is 5. The summed E-state index contributed by atoms with van der Waals surface area (Å²) >= 11 is 0. The normalized spacial score (nSPS) is 10.6. The van der Waals surface area contributed by atoms with Gasteiger partial charge in [-0.3, -0.25) is 10.1 Å². The average Bonchev–Trinajstić information content (AvgIpc) is 2.58. The molecule has 0 heterocycles. The standard InChI is InChI=1S/C17H15NO6/c1-23-15-8-3-5-11(16(15)24-2)9-10-12-13(17(19)20)6-4-7-14(12)18(21)22/h3-10H,1-2H3,(H,19,20)/b10-9+. The van der Waals surface area contributed by atoms with Crippen molar-refractivity contribution in [3.8, 4) is 11.5 Å². The number of carboxylic acid groups (broad SMARTS) is 1. The van der Waals surface area contributed by atoms with E-state index in [0.29, 0.717) is 17.1 Å². The van der Waals surface area contributed by atoms with E-state index in [2.05, 4.69) is 0 Å². The van der Waals surface area contributed by atoms with Crippen LogP contribution in [0, 0.1) is 10.1 Å². The predicted octanol–water partition coefficient (Wildman–Crippen LogP) is 3.48. The second-order valence-electron chi connectivity index (χ2n) is 4.72. The molecule has 2 rings (SSSR count). The van der Waals surface area contributed by atoms with Crippen LogP contribution >= 0.6 is 0 Å². The van der Waals surface area contributed by atoms with Gasteiger partial charge in [0.05, 0.1) is 30.3 Å². The molecule has 0 aliphatic heterocycles. The third kappa shape index (κ3) is 3.35. The van der Waals surface area contributed by atoms with Crippen molar-refractivity contribution in [3.63, 3.8) is 0 Å². The summed E-state index contributed by atoms with van der Waals surface area (Å²) in [6.07, 6.45) is 2.94. The molecule has 0 aliphatic carbocycles. The maximum Gasteiger partial charge on any atom is 0.336 e. The van der Waals surface area contributed by atoms with Crippen LogP contribution in [0.2, 0.25) is 0 Å². The highest BCUT2D eigenvalue weighted by molar-refractivity contribution is 5.95. The van der Waals surface area contributed by atoms with E-state index in [0.717, 1.165) is 0 Å². The Morgan fingerprint density at radius 2 is 1.83 bits per heavy atom. The van der Waals surface area contributed by atoms with Crippen molar-refractivity contribution in [3.05, 3.63) is 63.2 Å². The van der Waals surface area contributed by atoms with Crippen LogP contribution in [0.15, 0.2) is 36.4 Å². The molecule has 24 heavy (non-hydrogen) atoms. The first-order valence-electron chi connectivity index (χ1n) is 6.89. The number of rotatable bonds is 6. The van der Waals surface area contributed by atoms with Crippen LogP contribution in [0.1, 0.15) is 21.5 Å². The molecule has 1 N–H and O–H groups in total. The van der Waals surface area contributed by atoms with Gasteiger partial charge in [0.15, 0.2) is 11.5 Å². The Kier molecular flexibility index (Phi) is 5.16. The van der Waals surface area contributed by atoms with E-state index in [1.54, 1.807) is 24.3 Å².